The Morgan fingerprint density at radius 1 is 0.906 bits per heavy atom. The molecule has 32 heavy (non-hydrogen) atoms. The Morgan fingerprint density at radius 3 is 2.25 bits per heavy atom. The molecule has 1 saturated carbocycles. The van der Waals surface area contributed by atoms with Gasteiger partial charge >= 0.3 is 0 Å². The fraction of sp³-hybridized carbons (Fsp3) is 0.231. The summed E-state index contributed by atoms with van der Waals surface area (Å²) >= 11 is 0. The third kappa shape index (κ3) is 2.87. The fourth-order valence-electron chi connectivity index (χ4n) is 5.45. The summed E-state index contributed by atoms with van der Waals surface area (Å²) in [6.45, 7) is 0. The van der Waals surface area contributed by atoms with E-state index in [-0.39, 0.29) is 41.4 Å². The maximum absolute atomic E-state index is 13.1. The van der Waals surface area contributed by atoms with Crippen LogP contribution >= 0.6 is 0 Å². The van der Waals surface area contributed by atoms with Crippen molar-refractivity contribution in [3.8, 4) is 0 Å². The molecule has 4 unspecified atom stereocenters. The standard InChI is InChI=1S/C26H21N3O3/c30-24(28-19-9-12-21-18(14-19)2-1-13-27-21)17-7-10-20(11-8-17)29-25(31)22-15-3-4-16(6-5-15)23(22)26(29)32/h1-4,7-16,22-23H,5-6H2,(H,28,30). The van der Waals surface area contributed by atoms with Gasteiger partial charge in [0, 0.05) is 22.8 Å². The lowest BCUT2D eigenvalue weighted by atomic mass is 9.63. The molecule has 1 N–H and O–H groups in total. The van der Waals surface area contributed by atoms with E-state index in [0.717, 1.165) is 23.7 Å². The lowest BCUT2D eigenvalue weighted by Crippen LogP contribution is -2.38. The van der Waals surface area contributed by atoms with Crippen LogP contribution in [-0.2, 0) is 9.59 Å². The first-order valence-corrected chi connectivity index (χ1v) is 10.9. The zero-order chi connectivity index (χ0) is 21.8. The Kier molecular flexibility index (Phi) is 4.21. The number of hydrogen-bond acceptors (Lipinski definition) is 4. The number of aromatic nitrogens is 1. The monoisotopic (exact) mass is 423 g/mol. The van der Waals surface area contributed by atoms with E-state index < -0.39 is 0 Å². The first kappa shape index (κ1) is 18.9. The van der Waals surface area contributed by atoms with E-state index >= 15 is 0 Å². The highest BCUT2D eigenvalue weighted by molar-refractivity contribution is 6.22. The Balaban J connectivity index is 1.22. The summed E-state index contributed by atoms with van der Waals surface area (Å²) in [4.78, 5) is 44.5. The van der Waals surface area contributed by atoms with Crippen LogP contribution in [0.3, 0.4) is 0 Å². The Labute approximate surface area is 184 Å². The van der Waals surface area contributed by atoms with Crippen LogP contribution in [0.25, 0.3) is 10.9 Å². The normalized spacial score (nSPS) is 25.9. The minimum atomic E-state index is -0.255. The average molecular weight is 423 g/mol. The molecule has 6 nitrogen and oxygen atoms in total. The molecule has 0 spiro atoms. The number of benzene rings is 2. The summed E-state index contributed by atoms with van der Waals surface area (Å²) < 4.78 is 0. The molecule has 6 heteroatoms. The van der Waals surface area contributed by atoms with Gasteiger partial charge in [0.05, 0.1) is 23.0 Å². The van der Waals surface area contributed by atoms with Crippen LogP contribution in [0.15, 0.2) is 72.9 Å². The number of carbonyl (C=O) groups is 3. The molecule has 158 valence electrons. The quantitative estimate of drug-likeness (QED) is 0.506. The van der Waals surface area contributed by atoms with Crippen LogP contribution in [0.1, 0.15) is 23.2 Å². The molecule has 1 aliphatic heterocycles. The maximum atomic E-state index is 13.1. The molecular weight excluding hydrogens is 402 g/mol. The number of nitrogens with zero attached hydrogens (tertiary/aromatic N) is 2. The summed E-state index contributed by atoms with van der Waals surface area (Å²) in [5.74, 6) is -0.632. The Hall–Kier alpha value is -3.80. The number of amides is 3. The van der Waals surface area contributed by atoms with Crippen LogP contribution in [0, 0.1) is 23.7 Å². The SMILES string of the molecule is O=C(Nc1ccc2ncccc2c1)c1ccc(N2C(=O)C3C4C=CC(CC4)C3C2=O)cc1. The highest BCUT2D eigenvalue weighted by Gasteiger charge is 2.56. The second kappa shape index (κ2) is 7.12. The predicted molar refractivity (Wildman–Crippen MR) is 121 cm³/mol. The number of allylic oxidation sites excluding steroid dienone is 2. The molecule has 2 heterocycles. The van der Waals surface area contributed by atoms with E-state index in [4.69, 9.17) is 0 Å². The van der Waals surface area contributed by atoms with Gasteiger partial charge in [0.2, 0.25) is 11.8 Å². The van der Waals surface area contributed by atoms with Gasteiger partial charge in [-0.1, -0.05) is 18.2 Å². The van der Waals surface area contributed by atoms with Crippen LogP contribution in [0.4, 0.5) is 11.4 Å². The van der Waals surface area contributed by atoms with Crippen molar-refractivity contribution in [1.29, 1.82) is 0 Å². The summed E-state index contributed by atoms with van der Waals surface area (Å²) in [6.07, 6.45) is 7.90. The zero-order valence-electron chi connectivity index (χ0n) is 17.3. The van der Waals surface area contributed by atoms with Gasteiger partial charge in [-0.15, -0.1) is 0 Å². The highest BCUT2D eigenvalue weighted by atomic mass is 16.2. The number of hydrogen-bond donors (Lipinski definition) is 1. The molecule has 3 aliphatic carbocycles. The smallest absolute Gasteiger partial charge is 0.255 e. The van der Waals surface area contributed by atoms with E-state index in [1.165, 1.54) is 4.90 Å². The minimum absolute atomic E-state index is 0.110. The van der Waals surface area contributed by atoms with E-state index in [2.05, 4.69) is 22.5 Å². The fourth-order valence-corrected chi connectivity index (χ4v) is 5.45. The summed E-state index contributed by atoms with van der Waals surface area (Å²) in [7, 11) is 0. The van der Waals surface area contributed by atoms with Crippen molar-refractivity contribution >= 4 is 40.0 Å². The molecule has 4 aliphatic rings. The zero-order valence-corrected chi connectivity index (χ0v) is 17.3. The molecule has 2 aromatic carbocycles. The Morgan fingerprint density at radius 2 is 1.59 bits per heavy atom. The van der Waals surface area contributed by atoms with Crippen molar-refractivity contribution in [3.05, 3.63) is 78.5 Å². The predicted octanol–water partition coefficient (Wildman–Crippen LogP) is 4.19. The van der Waals surface area contributed by atoms with Crippen molar-refractivity contribution in [3.63, 3.8) is 0 Å². The van der Waals surface area contributed by atoms with Gasteiger partial charge in [-0.25, -0.2) is 0 Å². The highest BCUT2D eigenvalue weighted by Crippen LogP contribution is 2.50. The third-order valence-corrected chi connectivity index (χ3v) is 7.01. The van der Waals surface area contributed by atoms with Gasteiger partial charge in [-0.05, 0) is 73.2 Å². The summed E-state index contributed by atoms with van der Waals surface area (Å²) in [5, 5.41) is 3.84. The van der Waals surface area contributed by atoms with Gasteiger partial charge in [-0.2, -0.15) is 0 Å². The molecule has 2 bridgehead atoms. The molecule has 1 aromatic heterocycles. The van der Waals surface area contributed by atoms with Crippen LogP contribution in [0.5, 0.6) is 0 Å². The number of nitrogens with one attached hydrogen (secondary N) is 1. The second-order valence-electron chi connectivity index (χ2n) is 8.77. The van der Waals surface area contributed by atoms with Gasteiger partial charge in [0.1, 0.15) is 0 Å². The molecular formula is C26H21N3O3. The van der Waals surface area contributed by atoms with E-state index in [9.17, 15) is 14.4 Å². The molecule has 1 saturated heterocycles. The van der Waals surface area contributed by atoms with Crippen LogP contribution < -0.4 is 10.2 Å². The molecule has 2 fully saturated rings. The molecule has 0 radical (unpaired) electrons. The average Bonchev–Trinajstić information content (AvgIpc) is 3.12. The number of carbonyl (C=O) groups excluding carboxylic acids is 3. The number of anilines is 2. The largest absolute Gasteiger partial charge is 0.322 e. The van der Waals surface area contributed by atoms with Crippen molar-refractivity contribution < 1.29 is 14.4 Å². The molecule has 4 atom stereocenters. The third-order valence-electron chi connectivity index (χ3n) is 7.01. The van der Waals surface area contributed by atoms with Crippen LogP contribution in [0.2, 0.25) is 0 Å². The van der Waals surface area contributed by atoms with Crippen LogP contribution in [-0.4, -0.2) is 22.7 Å². The van der Waals surface area contributed by atoms with Gasteiger partial charge in [-0.3, -0.25) is 24.3 Å². The molecule has 3 aromatic rings. The number of rotatable bonds is 3. The number of fused-ring (bicyclic) bond motifs is 2. The van der Waals surface area contributed by atoms with E-state index in [0.29, 0.717) is 16.9 Å². The summed E-state index contributed by atoms with van der Waals surface area (Å²) in [6, 6.07) is 16.0. The van der Waals surface area contributed by atoms with E-state index in [1.54, 1.807) is 30.5 Å². The maximum Gasteiger partial charge on any atom is 0.255 e. The lowest BCUT2D eigenvalue weighted by molar-refractivity contribution is -0.124. The first-order valence-electron chi connectivity index (χ1n) is 10.9. The number of pyridine rings is 1. The summed E-state index contributed by atoms with van der Waals surface area (Å²) in [5.41, 5.74) is 2.52. The topological polar surface area (TPSA) is 79.4 Å². The molecule has 7 rings (SSSR count). The molecule has 3 amide bonds. The Bertz CT molecular complexity index is 1270. The van der Waals surface area contributed by atoms with E-state index in [1.807, 2.05) is 30.3 Å². The van der Waals surface area contributed by atoms with Gasteiger partial charge in [0.25, 0.3) is 5.91 Å². The first-order chi connectivity index (χ1) is 15.6. The van der Waals surface area contributed by atoms with Crippen molar-refractivity contribution in [2.75, 3.05) is 10.2 Å². The van der Waals surface area contributed by atoms with Gasteiger partial charge < -0.3 is 5.32 Å². The number of imide groups is 1. The lowest BCUT2D eigenvalue weighted by Gasteiger charge is -2.38. The van der Waals surface area contributed by atoms with Crippen molar-refractivity contribution in [2.45, 2.75) is 12.8 Å². The minimum Gasteiger partial charge on any atom is -0.322 e. The van der Waals surface area contributed by atoms with Crippen molar-refractivity contribution in [1.82, 2.24) is 4.98 Å². The van der Waals surface area contributed by atoms with Crippen molar-refractivity contribution in [2.24, 2.45) is 23.7 Å². The second-order valence-corrected chi connectivity index (χ2v) is 8.77. The van der Waals surface area contributed by atoms with Gasteiger partial charge in [0.15, 0.2) is 0 Å².